The monoisotopic (exact) mass is 171 g/mol. The molecule has 0 aliphatic heterocycles. The van der Waals surface area contributed by atoms with Crippen LogP contribution in [0.5, 0.6) is 0 Å². The first-order valence-electron chi connectivity index (χ1n) is 3.99. The molecule has 2 heteroatoms. The molecule has 1 N–H and O–H groups in total. The van der Waals surface area contributed by atoms with Crippen molar-refractivity contribution in [3.63, 3.8) is 0 Å². The molecule has 0 heterocycles. The van der Waals surface area contributed by atoms with Crippen LogP contribution in [-0.2, 0) is 0 Å². The van der Waals surface area contributed by atoms with Crippen LogP contribution in [0, 0.1) is 0 Å². The van der Waals surface area contributed by atoms with E-state index in [0.717, 1.165) is 19.4 Å². The highest BCUT2D eigenvalue weighted by molar-refractivity contribution is 6.22. The molecule has 1 nitrogen and oxygen atoms in total. The maximum absolute atomic E-state index is 5.87. The van der Waals surface area contributed by atoms with Gasteiger partial charge in [0.1, 0.15) is 0 Å². The number of halogens is 1. The summed E-state index contributed by atoms with van der Waals surface area (Å²) in [6.45, 7) is 1.04. The molecule has 1 aliphatic rings. The smallest absolute Gasteiger partial charge is 0.0553 e. The van der Waals surface area contributed by atoms with E-state index in [9.17, 15) is 0 Å². The number of allylic oxidation sites excluding steroid dienone is 3. The van der Waals surface area contributed by atoms with Gasteiger partial charge in [-0.2, -0.15) is 0 Å². The summed E-state index contributed by atoms with van der Waals surface area (Å²) >= 11 is 5.87. The van der Waals surface area contributed by atoms with Crippen LogP contribution in [0.15, 0.2) is 23.8 Å². The molecule has 1 atom stereocenters. The van der Waals surface area contributed by atoms with E-state index < -0.39 is 0 Å². The van der Waals surface area contributed by atoms with E-state index in [0.29, 0.717) is 0 Å². The van der Waals surface area contributed by atoms with Crippen LogP contribution in [0.25, 0.3) is 0 Å². The SMILES string of the molecule is CNCCC1=CCC(Cl)C=C1. The molecule has 0 saturated carbocycles. The Labute approximate surface area is 73.1 Å². The third kappa shape index (κ3) is 3.08. The van der Waals surface area contributed by atoms with Crippen molar-refractivity contribution in [2.75, 3.05) is 13.6 Å². The van der Waals surface area contributed by atoms with Crippen molar-refractivity contribution < 1.29 is 0 Å². The van der Waals surface area contributed by atoms with E-state index in [4.69, 9.17) is 11.6 Å². The first-order valence-corrected chi connectivity index (χ1v) is 4.42. The molecule has 0 saturated heterocycles. The Hall–Kier alpha value is -0.270. The van der Waals surface area contributed by atoms with Gasteiger partial charge < -0.3 is 5.32 Å². The van der Waals surface area contributed by atoms with Crippen molar-refractivity contribution in [1.82, 2.24) is 5.32 Å². The molecule has 0 amide bonds. The zero-order chi connectivity index (χ0) is 8.10. The lowest BCUT2D eigenvalue weighted by molar-refractivity contribution is 0.787. The summed E-state index contributed by atoms with van der Waals surface area (Å²) in [6.07, 6.45) is 8.49. The second-order valence-corrected chi connectivity index (χ2v) is 3.30. The third-order valence-corrected chi connectivity index (χ3v) is 2.11. The second-order valence-electron chi connectivity index (χ2n) is 2.74. The molecule has 0 spiro atoms. The average molecular weight is 172 g/mol. The van der Waals surface area contributed by atoms with Gasteiger partial charge in [0.2, 0.25) is 0 Å². The van der Waals surface area contributed by atoms with Crippen LogP contribution in [0.3, 0.4) is 0 Å². The molecule has 0 fully saturated rings. The van der Waals surface area contributed by atoms with Crippen LogP contribution < -0.4 is 5.32 Å². The summed E-state index contributed by atoms with van der Waals surface area (Å²) in [6, 6.07) is 0. The van der Waals surface area contributed by atoms with Gasteiger partial charge in [-0.1, -0.05) is 23.8 Å². The summed E-state index contributed by atoms with van der Waals surface area (Å²) in [5.74, 6) is 0. The number of hydrogen-bond acceptors (Lipinski definition) is 1. The Bertz CT molecular complexity index is 172. The zero-order valence-corrected chi connectivity index (χ0v) is 7.56. The third-order valence-electron chi connectivity index (χ3n) is 1.79. The minimum atomic E-state index is 0.216. The van der Waals surface area contributed by atoms with Gasteiger partial charge >= 0.3 is 0 Å². The predicted octanol–water partition coefficient (Wildman–Crippen LogP) is 2.09. The Morgan fingerprint density at radius 1 is 1.73 bits per heavy atom. The Kier molecular flexibility index (Phi) is 3.67. The van der Waals surface area contributed by atoms with Gasteiger partial charge in [0, 0.05) is 0 Å². The fourth-order valence-electron chi connectivity index (χ4n) is 1.09. The zero-order valence-electron chi connectivity index (χ0n) is 6.81. The largest absolute Gasteiger partial charge is 0.319 e. The van der Waals surface area contributed by atoms with Gasteiger partial charge in [-0.05, 0) is 26.4 Å². The van der Waals surface area contributed by atoms with E-state index >= 15 is 0 Å². The van der Waals surface area contributed by atoms with Gasteiger partial charge in [-0.3, -0.25) is 0 Å². The van der Waals surface area contributed by atoms with Gasteiger partial charge in [0.05, 0.1) is 5.38 Å². The molecule has 0 aromatic rings. The highest BCUT2D eigenvalue weighted by Crippen LogP contribution is 2.16. The first kappa shape index (κ1) is 8.82. The maximum atomic E-state index is 5.87. The quantitative estimate of drug-likeness (QED) is 0.642. The summed E-state index contributed by atoms with van der Waals surface area (Å²) in [5, 5.41) is 3.33. The average Bonchev–Trinajstić information content (AvgIpc) is 2.04. The minimum absolute atomic E-state index is 0.216. The number of hydrogen-bond donors (Lipinski definition) is 1. The van der Waals surface area contributed by atoms with Crippen LogP contribution in [0.1, 0.15) is 12.8 Å². The fourth-order valence-corrected chi connectivity index (χ4v) is 1.26. The van der Waals surface area contributed by atoms with Gasteiger partial charge in [0.25, 0.3) is 0 Å². The number of rotatable bonds is 3. The van der Waals surface area contributed by atoms with Crippen molar-refractivity contribution in [1.29, 1.82) is 0 Å². The lowest BCUT2D eigenvalue weighted by Gasteiger charge is -2.09. The minimum Gasteiger partial charge on any atom is -0.319 e. The first-order chi connectivity index (χ1) is 5.33. The van der Waals surface area contributed by atoms with Crippen LogP contribution in [0.2, 0.25) is 0 Å². The van der Waals surface area contributed by atoms with Crippen molar-refractivity contribution in [2.45, 2.75) is 18.2 Å². The molecule has 0 bridgehead atoms. The molecule has 0 aromatic carbocycles. The number of alkyl halides is 1. The highest BCUT2D eigenvalue weighted by Gasteiger charge is 2.03. The molecule has 1 aliphatic carbocycles. The van der Waals surface area contributed by atoms with E-state index in [-0.39, 0.29) is 5.38 Å². The van der Waals surface area contributed by atoms with Gasteiger partial charge in [-0.25, -0.2) is 0 Å². The Balaban J connectivity index is 2.31. The van der Waals surface area contributed by atoms with E-state index in [2.05, 4.69) is 23.5 Å². The molecule has 11 heavy (non-hydrogen) atoms. The van der Waals surface area contributed by atoms with Crippen molar-refractivity contribution in [2.24, 2.45) is 0 Å². The van der Waals surface area contributed by atoms with Crippen LogP contribution in [-0.4, -0.2) is 19.0 Å². The second kappa shape index (κ2) is 4.58. The van der Waals surface area contributed by atoms with Crippen molar-refractivity contribution in [3.8, 4) is 0 Å². The molecule has 0 aromatic heterocycles. The summed E-state index contributed by atoms with van der Waals surface area (Å²) in [5.41, 5.74) is 1.40. The topological polar surface area (TPSA) is 12.0 Å². The molecular weight excluding hydrogens is 158 g/mol. The maximum Gasteiger partial charge on any atom is 0.0553 e. The Morgan fingerprint density at radius 3 is 3.09 bits per heavy atom. The van der Waals surface area contributed by atoms with E-state index in [1.165, 1.54) is 5.57 Å². The van der Waals surface area contributed by atoms with Crippen LogP contribution in [0.4, 0.5) is 0 Å². The van der Waals surface area contributed by atoms with E-state index in [1.807, 2.05) is 7.05 Å². The summed E-state index contributed by atoms with van der Waals surface area (Å²) < 4.78 is 0. The summed E-state index contributed by atoms with van der Waals surface area (Å²) in [7, 11) is 1.97. The number of nitrogens with one attached hydrogen (secondary N) is 1. The highest BCUT2D eigenvalue weighted by atomic mass is 35.5. The van der Waals surface area contributed by atoms with Crippen LogP contribution >= 0.6 is 11.6 Å². The molecule has 0 radical (unpaired) electrons. The van der Waals surface area contributed by atoms with Gasteiger partial charge in [-0.15, -0.1) is 11.6 Å². The normalized spacial score (nSPS) is 23.5. The molecule has 62 valence electrons. The molecule has 1 rings (SSSR count). The van der Waals surface area contributed by atoms with Crippen molar-refractivity contribution >= 4 is 11.6 Å². The lowest BCUT2D eigenvalue weighted by Crippen LogP contribution is -2.09. The molecular formula is C9H14ClN. The Morgan fingerprint density at radius 2 is 2.55 bits per heavy atom. The van der Waals surface area contributed by atoms with Crippen molar-refractivity contribution in [3.05, 3.63) is 23.8 Å². The fraction of sp³-hybridized carbons (Fsp3) is 0.556. The lowest BCUT2D eigenvalue weighted by atomic mass is 10.0. The molecule has 1 unspecified atom stereocenters. The predicted molar refractivity (Wildman–Crippen MR) is 50.0 cm³/mol. The van der Waals surface area contributed by atoms with E-state index in [1.54, 1.807) is 0 Å². The summed E-state index contributed by atoms with van der Waals surface area (Å²) in [4.78, 5) is 0. The standard InChI is InChI=1S/C9H14ClN/c1-11-7-6-8-2-4-9(10)5-3-8/h2-4,9,11H,5-7H2,1H3. The van der Waals surface area contributed by atoms with Gasteiger partial charge in [0.15, 0.2) is 0 Å².